The third-order valence-corrected chi connectivity index (χ3v) is 3.94. The maximum Gasteiger partial charge on any atom is 0.234 e. The van der Waals surface area contributed by atoms with E-state index in [1.807, 2.05) is 13.8 Å². The van der Waals surface area contributed by atoms with Gasteiger partial charge in [0.2, 0.25) is 11.8 Å². The fourth-order valence-electron chi connectivity index (χ4n) is 1.46. The van der Waals surface area contributed by atoms with Crippen molar-refractivity contribution in [2.75, 3.05) is 23.9 Å². The van der Waals surface area contributed by atoms with E-state index in [0.29, 0.717) is 21.5 Å². The van der Waals surface area contributed by atoms with Gasteiger partial charge < -0.3 is 15.4 Å². The molecule has 2 amide bonds. The van der Waals surface area contributed by atoms with Gasteiger partial charge in [-0.2, -0.15) is 0 Å². The number of thioether (sulfide) groups is 1. The van der Waals surface area contributed by atoms with Crippen molar-refractivity contribution < 1.29 is 14.3 Å². The molecule has 1 rings (SSSR count). The number of carbonyl (C=O) groups excluding carboxylic acids is 2. The van der Waals surface area contributed by atoms with Gasteiger partial charge in [-0.25, -0.2) is 0 Å². The topological polar surface area (TPSA) is 67.4 Å². The van der Waals surface area contributed by atoms with Gasteiger partial charge in [0.05, 0.1) is 33.3 Å². The summed E-state index contributed by atoms with van der Waals surface area (Å²) >= 11 is 13.3. The van der Waals surface area contributed by atoms with E-state index in [9.17, 15) is 9.59 Å². The SMILES string of the molecule is CNC(=O)CSCC(=O)Nc1cc(OC(C)C)c(Cl)cc1Cl. The predicted octanol–water partition coefficient (Wildman–Crippen LogP) is 3.20. The second kappa shape index (κ2) is 9.12. The molecule has 0 aliphatic rings. The van der Waals surface area contributed by atoms with Crippen molar-refractivity contribution in [2.45, 2.75) is 20.0 Å². The van der Waals surface area contributed by atoms with Crippen molar-refractivity contribution in [3.05, 3.63) is 22.2 Å². The Labute approximate surface area is 144 Å². The Hall–Kier alpha value is -1.11. The number of rotatable bonds is 7. The minimum absolute atomic E-state index is 0.0506. The Morgan fingerprint density at radius 3 is 2.41 bits per heavy atom. The lowest BCUT2D eigenvalue weighted by atomic mass is 10.3. The van der Waals surface area contributed by atoms with Crippen LogP contribution in [0.5, 0.6) is 5.75 Å². The summed E-state index contributed by atoms with van der Waals surface area (Å²) in [4.78, 5) is 22.9. The average Bonchev–Trinajstić information content (AvgIpc) is 2.43. The Morgan fingerprint density at radius 1 is 1.18 bits per heavy atom. The fraction of sp³-hybridized carbons (Fsp3) is 0.429. The second-order valence-electron chi connectivity index (χ2n) is 4.64. The molecule has 0 unspecified atom stereocenters. The average molecular weight is 365 g/mol. The molecule has 1 aromatic carbocycles. The summed E-state index contributed by atoms with van der Waals surface area (Å²) < 4.78 is 5.55. The molecule has 1 aromatic rings. The Morgan fingerprint density at radius 2 is 1.82 bits per heavy atom. The summed E-state index contributed by atoms with van der Waals surface area (Å²) in [5.74, 6) is 0.435. The maximum atomic E-state index is 11.9. The van der Waals surface area contributed by atoms with Crippen LogP contribution >= 0.6 is 35.0 Å². The first-order valence-electron chi connectivity index (χ1n) is 6.57. The zero-order valence-electron chi connectivity index (χ0n) is 12.5. The summed E-state index contributed by atoms with van der Waals surface area (Å²) in [6, 6.07) is 3.11. The lowest BCUT2D eigenvalue weighted by Gasteiger charge is -2.14. The molecule has 5 nitrogen and oxygen atoms in total. The van der Waals surface area contributed by atoms with Crippen molar-refractivity contribution in [1.82, 2.24) is 5.32 Å². The van der Waals surface area contributed by atoms with Crippen molar-refractivity contribution in [3.63, 3.8) is 0 Å². The quantitative estimate of drug-likeness (QED) is 0.779. The first-order valence-corrected chi connectivity index (χ1v) is 8.48. The van der Waals surface area contributed by atoms with E-state index in [0.717, 1.165) is 0 Å². The van der Waals surface area contributed by atoms with Crippen LogP contribution in [0, 0.1) is 0 Å². The van der Waals surface area contributed by atoms with E-state index in [-0.39, 0.29) is 29.4 Å². The number of nitrogens with one attached hydrogen (secondary N) is 2. The zero-order valence-corrected chi connectivity index (χ0v) is 14.9. The first-order chi connectivity index (χ1) is 10.3. The maximum absolute atomic E-state index is 11.9. The van der Waals surface area contributed by atoms with E-state index in [2.05, 4.69) is 10.6 Å². The molecule has 0 spiro atoms. The molecular weight excluding hydrogens is 347 g/mol. The van der Waals surface area contributed by atoms with E-state index >= 15 is 0 Å². The minimum Gasteiger partial charge on any atom is -0.489 e. The van der Waals surface area contributed by atoms with Crippen LogP contribution in [-0.2, 0) is 9.59 Å². The van der Waals surface area contributed by atoms with Crippen molar-refractivity contribution in [1.29, 1.82) is 0 Å². The van der Waals surface area contributed by atoms with Crippen LogP contribution in [0.25, 0.3) is 0 Å². The van der Waals surface area contributed by atoms with Crippen LogP contribution in [-0.4, -0.2) is 36.5 Å². The van der Waals surface area contributed by atoms with Gasteiger partial charge in [-0.1, -0.05) is 23.2 Å². The predicted molar refractivity (Wildman–Crippen MR) is 92.2 cm³/mol. The number of amides is 2. The Bertz CT molecular complexity index is 553. The molecule has 122 valence electrons. The van der Waals surface area contributed by atoms with Crippen molar-refractivity contribution in [2.24, 2.45) is 0 Å². The summed E-state index contributed by atoms with van der Waals surface area (Å²) in [6.45, 7) is 3.75. The van der Waals surface area contributed by atoms with Gasteiger partial charge in [0.15, 0.2) is 0 Å². The lowest BCUT2D eigenvalue weighted by molar-refractivity contribution is -0.118. The summed E-state index contributed by atoms with van der Waals surface area (Å²) in [7, 11) is 1.55. The van der Waals surface area contributed by atoms with E-state index < -0.39 is 0 Å². The Kier molecular flexibility index (Phi) is 7.85. The van der Waals surface area contributed by atoms with Gasteiger partial charge in [-0.3, -0.25) is 9.59 Å². The van der Waals surface area contributed by atoms with Gasteiger partial charge in [0.1, 0.15) is 5.75 Å². The third-order valence-electron chi connectivity index (χ3n) is 2.40. The van der Waals surface area contributed by atoms with Gasteiger partial charge in [0.25, 0.3) is 0 Å². The van der Waals surface area contributed by atoms with Crippen LogP contribution in [0.2, 0.25) is 10.0 Å². The number of anilines is 1. The Balaban J connectivity index is 2.67. The molecule has 0 saturated heterocycles. The lowest BCUT2D eigenvalue weighted by Crippen LogP contribution is -2.22. The molecule has 2 N–H and O–H groups in total. The van der Waals surface area contributed by atoms with Gasteiger partial charge in [-0.05, 0) is 19.9 Å². The molecule has 0 fully saturated rings. The molecule has 0 aliphatic carbocycles. The summed E-state index contributed by atoms with van der Waals surface area (Å²) in [5, 5.41) is 5.87. The molecule has 0 bridgehead atoms. The van der Waals surface area contributed by atoms with Crippen LogP contribution in [0.15, 0.2) is 12.1 Å². The number of carbonyl (C=O) groups is 2. The summed E-state index contributed by atoms with van der Waals surface area (Å²) in [6.07, 6.45) is -0.0506. The number of benzene rings is 1. The molecule has 0 heterocycles. The molecular formula is C14H18Cl2N2O3S. The molecule has 0 atom stereocenters. The standard InChI is InChI=1S/C14H18Cl2N2O3S/c1-8(2)21-12-5-11(9(15)4-10(12)16)18-14(20)7-22-6-13(19)17-3/h4-5,8H,6-7H2,1-3H3,(H,17,19)(H,18,20). The van der Waals surface area contributed by atoms with Gasteiger partial charge in [0, 0.05) is 13.1 Å². The normalized spacial score (nSPS) is 10.5. The van der Waals surface area contributed by atoms with E-state index in [1.54, 1.807) is 13.1 Å². The molecule has 8 heteroatoms. The number of halogens is 2. The first kappa shape index (κ1) is 18.9. The van der Waals surface area contributed by atoms with Gasteiger partial charge >= 0.3 is 0 Å². The number of hydrogen-bond acceptors (Lipinski definition) is 4. The highest BCUT2D eigenvalue weighted by Crippen LogP contribution is 2.34. The highest BCUT2D eigenvalue weighted by Gasteiger charge is 2.12. The highest BCUT2D eigenvalue weighted by atomic mass is 35.5. The molecule has 0 saturated carbocycles. The zero-order chi connectivity index (χ0) is 16.7. The smallest absolute Gasteiger partial charge is 0.234 e. The van der Waals surface area contributed by atoms with Gasteiger partial charge in [-0.15, -0.1) is 11.8 Å². The van der Waals surface area contributed by atoms with Crippen LogP contribution in [0.1, 0.15) is 13.8 Å². The van der Waals surface area contributed by atoms with E-state index in [1.165, 1.54) is 17.8 Å². The largest absolute Gasteiger partial charge is 0.489 e. The minimum atomic E-state index is -0.256. The van der Waals surface area contributed by atoms with Crippen molar-refractivity contribution >= 4 is 52.5 Å². The summed E-state index contributed by atoms with van der Waals surface area (Å²) in [5.41, 5.74) is 0.423. The third kappa shape index (κ3) is 6.34. The fourth-order valence-corrected chi connectivity index (χ4v) is 2.63. The van der Waals surface area contributed by atoms with Crippen molar-refractivity contribution in [3.8, 4) is 5.75 Å². The van der Waals surface area contributed by atoms with Crippen LogP contribution in [0.3, 0.4) is 0 Å². The van der Waals surface area contributed by atoms with Crippen LogP contribution in [0.4, 0.5) is 5.69 Å². The van der Waals surface area contributed by atoms with Crippen LogP contribution < -0.4 is 15.4 Å². The molecule has 0 radical (unpaired) electrons. The number of hydrogen-bond donors (Lipinski definition) is 2. The molecule has 22 heavy (non-hydrogen) atoms. The molecule has 0 aliphatic heterocycles. The molecule has 0 aromatic heterocycles. The second-order valence-corrected chi connectivity index (χ2v) is 6.44. The highest BCUT2D eigenvalue weighted by molar-refractivity contribution is 8.00. The monoisotopic (exact) mass is 364 g/mol. The van der Waals surface area contributed by atoms with E-state index in [4.69, 9.17) is 27.9 Å². The number of ether oxygens (including phenoxy) is 1.